The third-order valence-corrected chi connectivity index (χ3v) is 4.10. The van der Waals surface area contributed by atoms with Crippen molar-refractivity contribution in [3.8, 4) is 0 Å². The highest BCUT2D eigenvalue weighted by Crippen LogP contribution is 2.04. The first-order chi connectivity index (χ1) is 10.2. The van der Waals surface area contributed by atoms with Crippen LogP contribution in [0.5, 0.6) is 0 Å². The Balaban J connectivity index is 1.71. The molecule has 0 aromatic carbocycles. The van der Waals surface area contributed by atoms with Crippen LogP contribution in [0.25, 0.3) is 0 Å². The van der Waals surface area contributed by atoms with E-state index >= 15 is 0 Å². The summed E-state index contributed by atoms with van der Waals surface area (Å²) in [7, 11) is 1.40. The Labute approximate surface area is 126 Å². The van der Waals surface area contributed by atoms with E-state index in [1.165, 1.54) is 7.11 Å². The summed E-state index contributed by atoms with van der Waals surface area (Å²) in [5.74, 6) is -0.0125. The van der Waals surface area contributed by atoms with Gasteiger partial charge in [0.05, 0.1) is 20.2 Å². The fraction of sp³-hybridized carbons (Fsp3) is 0.857. The first-order valence-electron chi connectivity index (χ1n) is 7.69. The van der Waals surface area contributed by atoms with Crippen LogP contribution >= 0.6 is 0 Å². The summed E-state index contributed by atoms with van der Waals surface area (Å²) in [5, 5.41) is 3.34. The van der Waals surface area contributed by atoms with Crippen molar-refractivity contribution >= 4 is 11.9 Å². The van der Waals surface area contributed by atoms with Crippen LogP contribution in [0.3, 0.4) is 0 Å². The van der Waals surface area contributed by atoms with Crippen molar-refractivity contribution in [2.75, 3.05) is 72.6 Å². The van der Waals surface area contributed by atoms with Gasteiger partial charge in [-0.2, -0.15) is 0 Å². The molecule has 1 N–H and O–H groups in total. The zero-order chi connectivity index (χ0) is 15.1. The van der Waals surface area contributed by atoms with E-state index < -0.39 is 0 Å². The molecule has 7 heteroatoms. The third kappa shape index (κ3) is 5.26. The Morgan fingerprint density at radius 2 is 1.67 bits per heavy atom. The number of amides is 1. The van der Waals surface area contributed by atoms with Gasteiger partial charge in [-0.3, -0.25) is 19.4 Å². The molecule has 0 radical (unpaired) electrons. The highest BCUT2D eigenvalue weighted by atomic mass is 16.5. The average Bonchev–Trinajstić information content (AvgIpc) is 2.76. The summed E-state index contributed by atoms with van der Waals surface area (Å²) >= 11 is 0. The molecule has 21 heavy (non-hydrogen) atoms. The average molecular weight is 298 g/mol. The molecule has 1 amide bonds. The molecule has 0 spiro atoms. The predicted octanol–water partition coefficient (Wildman–Crippen LogP) is -1.40. The smallest absolute Gasteiger partial charge is 0.319 e. The van der Waals surface area contributed by atoms with Gasteiger partial charge in [0.25, 0.3) is 0 Å². The number of ether oxygens (including phenoxy) is 1. The molecule has 2 fully saturated rings. The van der Waals surface area contributed by atoms with Crippen molar-refractivity contribution in [2.24, 2.45) is 0 Å². The van der Waals surface area contributed by atoms with Crippen LogP contribution in [0.4, 0.5) is 0 Å². The number of carbonyl (C=O) groups excluding carboxylic acids is 2. The van der Waals surface area contributed by atoms with E-state index in [1.54, 1.807) is 0 Å². The molecule has 0 aromatic rings. The second kappa shape index (κ2) is 8.31. The van der Waals surface area contributed by atoms with E-state index in [4.69, 9.17) is 0 Å². The number of carbonyl (C=O) groups is 2. The van der Waals surface area contributed by atoms with E-state index in [2.05, 4.69) is 15.0 Å². The molecule has 2 rings (SSSR count). The van der Waals surface area contributed by atoms with Gasteiger partial charge in [-0.05, 0) is 19.5 Å². The summed E-state index contributed by atoms with van der Waals surface area (Å²) in [6.45, 7) is 7.62. The maximum Gasteiger partial charge on any atom is 0.319 e. The van der Waals surface area contributed by atoms with Crippen molar-refractivity contribution in [2.45, 2.75) is 6.42 Å². The molecule has 120 valence electrons. The Morgan fingerprint density at radius 1 is 0.952 bits per heavy atom. The maximum absolute atomic E-state index is 12.3. The highest BCUT2D eigenvalue weighted by Gasteiger charge is 2.24. The monoisotopic (exact) mass is 298 g/mol. The molecule has 0 unspecified atom stereocenters. The first-order valence-corrected chi connectivity index (χ1v) is 7.69. The predicted molar refractivity (Wildman–Crippen MR) is 79.0 cm³/mol. The fourth-order valence-electron chi connectivity index (χ4n) is 2.75. The zero-order valence-corrected chi connectivity index (χ0v) is 12.8. The molecule has 2 aliphatic heterocycles. The molecule has 7 nitrogen and oxygen atoms in total. The second-order valence-electron chi connectivity index (χ2n) is 5.61. The molecular formula is C14H26N4O3. The van der Waals surface area contributed by atoms with Gasteiger partial charge in [0.2, 0.25) is 5.91 Å². The lowest BCUT2D eigenvalue weighted by atomic mass is 10.3. The van der Waals surface area contributed by atoms with Gasteiger partial charge in [0.15, 0.2) is 0 Å². The minimum absolute atomic E-state index is 0.203. The summed E-state index contributed by atoms with van der Waals surface area (Å²) in [4.78, 5) is 29.7. The van der Waals surface area contributed by atoms with Gasteiger partial charge in [-0.1, -0.05) is 0 Å². The van der Waals surface area contributed by atoms with Crippen LogP contribution in [0.2, 0.25) is 0 Å². The molecular weight excluding hydrogens is 272 g/mol. The molecule has 0 bridgehead atoms. The minimum atomic E-state index is -0.216. The minimum Gasteiger partial charge on any atom is -0.468 e. The van der Waals surface area contributed by atoms with Crippen molar-refractivity contribution in [3.63, 3.8) is 0 Å². The number of hydrogen-bond acceptors (Lipinski definition) is 6. The highest BCUT2D eigenvalue weighted by molar-refractivity contribution is 5.78. The molecule has 2 heterocycles. The van der Waals surface area contributed by atoms with E-state index in [0.717, 1.165) is 45.7 Å². The topological polar surface area (TPSA) is 65.1 Å². The van der Waals surface area contributed by atoms with Gasteiger partial charge in [-0.15, -0.1) is 0 Å². The Morgan fingerprint density at radius 3 is 2.38 bits per heavy atom. The summed E-state index contributed by atoms with van der Waals surface area (Å²) in [6.07, 6.45) is 1.10. The summed E-state index contributed by atoms with van der Waals surface area (Å²) in [5.41, 5.74) is 0. The maximum atomic E-state index is 12.3. The van der Waals surface area contributed by atoms with Crippen LogP contribution in [0.1, 0.15) is 6.42 Å². The Kier molecular flexibility index (Phi) is 6.41. The van der Waals surface area contributed by atoms with Gasteiger partial charge in [0.1, 0.15) is 0 Å². The van der Waals surface area contributed by atoms with Crippen LogP contribution in [-0.4, -0.2) is 99.1 Å². The first kappa shape index (κ1) is 16.2. The number of methoxy groups -OCH3 is 1. The van der Waals surface area contributed by atoms with Gasteiger partial charge in [0, 0.05) is 39.3 Å². The van der Waals surface area contributed by atoms with Crippen molar-refractivity contribution in [3.05, 3.63) is 0 Å². The SMILES string of the molecule is COC(=O)CN1CCN(C(=O)CN2CCCNCC2)CC1. The molecule has 0 aliphatic carbocycles. The number of nitrogens with one attached hydrogen (secondary N) is 1. The molecule has 0 saturated carbocycles. The summed E-state index contributed by atoms with van der Waals surface area (Å²) < 4.78 is 4.67. The van der Waals surface area contributed by atoms with Crippen LogP contribution in [-0.2, 0) is 14.3 Å². The normalized spacial score (nSPS) is 21.9. The number of nitrogens with zero attached hydrogens (tertiary/aromatic N) is 3. The molecule has 2 aliphatic rings. The van der Waals surface area contributed by atoms with E-state index in [9.17, 15) is 9.59 Å². The van der Waals surface area contributed by atoms with Crippen LogP contribution in [0.15, 0.2) is 0 Å². The zero-order valence-electron chi connectivity index (χ0n) is 12.8. The molecule has 2 saturated heterocycles. The third-order valence-electron chi connectivity index (χ3n) is 4.10. The number of rotatable bonds is 4. The van der Waals surface area contributed by atoms with Crippen LogP contribution in [0, 0.1) is 0 Å². The Hall–Kier alpha value is -1.18. The fourth-order valence-corrected chi connectivity index (χ4v) is 2.75. The molecule has 0 atom stereocenters. The molecule has 0 aromatic heterocycles. The lowest BCUT2D eigenvalue weighted by Crippen LogP contribution is -2.52. The van der Waals surface area contributed by atoms with Crippen LogP contribution < -0.4 is 5.32 Å². The van der Waals surface area contributed by atoms with E-state index in [1.807, 2.05) is 9.80 Å². The number of hydrogen-bond donors (Lipinski definition) is 1. The van der Waals surface area contributed by atoms with Crippen molar-refractivity contribution < 1.29 is 14.3 Å². The van der Waals surface area contributed by atoms with Gasteiger partial charge < -0.3 is 15.0 Å². The number of esters is 1. The quantitative estimate of drug-likeness (QED) is 0.644. The van der Waals surface area contributed by atoms with E-state index in [0.29, 0.717) is 26.2 Å². The lowest BCUT2D eigenvalue weighted by molar-refractivity contribution is -0.142. The van der Waals surface area contributed by atoms with Gasteiger partial charge in [-0.25, -0.2) is 0 Å². The van der Waals surface area contributed by atoms with E-state index in [-0.39, 0.29) is 11.9 Å². The standard InChI is InChI=1S/C14H26N4O3/c1-21-14(20)12-17-7-9-18(10-8-17)13(19)11-16-5-2-3-15-4-6-16/h15H,2-12H2,1H3. The van der Waals surface area contributed by atoms with Gasteiger partial charge >= 0.3 is 5.97 Å². The summed E-state index contributed by atoms with van der Waals surface area (Å²) in [6, 6.07) is 0. The second-order valence-corrected chi connectivity index (χ2v) is 5.61. The lowest BCUT2D eigenvalue weighted by Gasteiger charge is -2.35. The van der Waals surface area contributed by atoms with Crippen molar-refractivity contribution in [1.82, 2.24) is 20.0 Å². The number of piperazine rings is 1. The Bertz CT molecular complexity index is 348. The largest absolute Gasteiger partial charge is 0.468 e. The van der Waals surface area contributed by atoms with Crippen molar-refractivity contribution in [1.29, 1.82) is 0 Å².